The molecule has 152 valence electrons. The van der Waals surface area contributed by atoms with Crippen LogP contribution in [0.3, 0.4) is 0 Å². The van der Waals surface area contributed by atoms with E-state index in [0.29, 0.717) is 70.6 Å². The summed E-state index contributed by atoms with van der Waals surface area (Å²) in [4.78, 5) is 12.2. The van der Waals surface area contributed by atoms with Crippen molar-refractivity contribution < 1.29 is 17.9 Å². The van der Waals surface area contributed by atoms with E-state index in [1.54, 1.807) is 8.61 Å². The molecule has 2 heterocycles. The fourth-order valence-electron chi connectivity index (χ4n) is 3.98. The molecule has 0 unspecified atom stereocenters. The number of nitrogens with one attached hydrogen (secondary N) is 1. The first kappa shape index (κ1) is 21.6. The molecule has 8 heteroatoms. The van der Waals surface area contributed by atoms with Crippen LogP contribution < -0.4 is 5.32 Å². The number of hydrogen-bond acceptors (Lipinski definition) is 4. The minimum Gasteiger partial charge on any atom is -0.382 e. The molecule has 2 aliphatic rings. The minimum absolute atomic E-state index is 0.0405. The minimum atomic E-state index is -3.41. The number of hydrogen-bond donors (Lipinski definition) is 1. The Kier molecular flexibility index (Phi) is 8.32. The van der Waals surface area contributed by atoms with Gasteiger partial charge in [-0.3, -0.25) is 4.79 Å². The average molecular weight is 390 g/mol. The highest BCUT2D eigenvalue weighted by Crippen LogP contribution is 2.27. The molecule has 1 amide bonds. The Hall–Kier alpha value is -0.700. The summed E-state index contributed by atoms with van der Waals surface area (Å²) in [5.41, 5.74) is 0. The Balaban J connectivity index is 1.79. The molecule has 0 radical (unpaired) electrons. The normalized spacial score (nSPS) is 26.7. The van der Waals surface area contributed by atoms with Crippen molar-refractivity contribution in [2.45, 2.75) is 46.5 Å². The zero-order valence-electron chi connectivity index (χ0n) is 16.4. The van der Waals surface area contributed by atoms with Gasteiger partial charge >= 0.3 is 0 Å². The van der Waals surface area contributed by atoms with Crippen LogP contribution in [0.5, 0.6) is 0 Å². The SMILES string of the molecule is CCOCCCNC(=O)C1CCN(S(=O)(=O)N2C[C@H](C)C[C@H](C)C2)CC1. The van der Waals surface area contributed by atoms with Gasteiger partial charge in [-0.2, -0.15) is 17.0 Å². The van der Waals surface area contributed by atoms with Gasteiger partial charge in [0.25, 0.3) is 10.2 Å². The Labute approximate surface area is 158 Å². The van der Waals surface area contributed by atoms with Gasteiger partial charge in [0.1, 0.15) is 0 Å². The topological polar surface area (TPSA) is 79.0 Å². The van der Waals surface area contributed by atoms with Crippen molar-refractivity contribution in [2.24, 2.45) is 17.8 Å². The Morgan fingerprint density at radius 2 is 1.73 bits per heavy atom. The smallest absolute Gasteiger partial charge is 0.281 e. The third kappa shape index (κ3) is 5.90. The lowest BCUT2D eigenvalue weighted by Crippen LogP contribution is -2.52. The van der Waals surface area contributed by atoms with Crippen LogP contribution in [0, 0.1) is 17.8 Å². The molecule has 0 aromatic carbocycles. The molecule has 0 aliphatic carbocycles. The van der Waals surface area contributed by atoms with Gasteiger partial charge < -0.3 is 10.1 Å². The van der Waals surface area contributed by atoms with E-state index < -0.39 is 10.2 Å². The maximum Gasteiger partial charge on any atom is 0.281 e. The van der Waals surface area contributed by atoms with Gasteiger partial charge in [-0.05, 0) is 44.4 Å². The van der Waals surface area contributed by atoms with E-state index in [2.05, 4.69) is 19.2 Å². The zero-order chi connectivity index (χ0) is 19.2. The van der Waals surface area contributed by atoms with E-state index in [-0.39, 0.29) is 11.8 Å². The number of nitrogens with zero attached hydrogens (tertiary/aromatic N) is 2. The maximum atomic E-state index is 12.9. The van der Waals surface area contributed by atoms with Crippen molar-refractivity contribution in [1.82, 2.24) is 13.9 Å². The summed E-state index contributed by atoms with van der Waals surface area (Å²) < 4.78 is 34.3. The maximum absolute atomic E-state index is 12.9. The van der Waals surface area contributed by atoms with Crippen molar-refractivity contribution in [3.05, 3.63) is 0 Å². The molecular formula is C18H35N3O4S. The van der Waals surface area contributed by atoms with Crippen LogP contribution in [0.1, 0.15) is 46.5 Å². The van der Waals surface area contributed by atoms with Crippen LogP contribution in [0.25, 0.3) is 0 Å². The van der Waals surface area contributed by atoms with Gasteiger partial charge in [0, 0.05) is 51.9 Å². The predicted molar refractivity (Wildman–Crippen MR) is 102 cm³/mol. The quantitative estimate of drug-likeness (QED) is 0.638. The summed E-state index contributed by atoms with van der Waals surface area (Å²) in [6, 6.07) is 0. The molecule has 2 atom stereocenters. The van der Waals surface area contributed by atoms with Gasteiger partial charge in [-0.1, -0.05) is 13.8 Å². The third-order valence-electron chi connectivity index (χ3n) is 5.28. The fraction of sp³-hybridized carbons (Fsp3) is 0.944. The first-order chi connectivity index (χ1) is 12.3. The molecule has 2 fully saturated rings. The molecule has 0 saturated carbocycles. The molecular weight excluding hydrogens is 354 g/mol. The molecule has 2 saturated heterocycles. The van der Waals surface area contributed by atoms with Crippen LogP contribution in [-0.4, -0.2) is 68.9 Å². The second-order valence-corrected chi connectivity index (χ2v) is 9.71. The van der Waals surface area contributed by atoms with Crippen LogP contribution in [0.2, 0.25) is 0 Å². The summed E-state index contributed by atoms with van der Waals surface area (Å²) in [7, 11) is -3.41. The average Bonchev–Trinajstić information content (AvgIpc) is 2.60. The number of piperidine rings is 2. The standard InChI is InChI=1S/C18H35N3O4S/c1-4-25-11-5-8-19-18(22)17-6-9-20(10-7-17)26(23,24)21-13-15(2)12-16(3)14-21/h15-17H,4-14H2,1-3H3,(H,19,22)/t15-,16+. The van der Waals surface area contributed by atoms with Gasteiger partial charge in [0.05, 0.1) is 0 Å². The lowest BCUT2D eigenvalue weighted by Gasteiger charge is -2.39. The van der Waals surface area contributed by atoms with Crippen LogP contribution in [0.4, 0.5) is 0 Å². The van der Waals surface area contributed by atoms with E-state index in [1.165, 1.54) is 0 Å². The van der Waals surface area contributed by atoms with Crippen molar-refractivity contribution in [3.63, 3.8) is 0 Å². The molecule has 26 heavy (non-hydrogen) atoms. The summed E-state index contributed by atoms with van der Waals surface area (Å²) in [6.45, 7) is 10.2. The molecule has 1 N–H and O–H groups in total. The monoisotopic (exact) mass is 389 g/mol. The highest BCUT2D eigenvalue weighted by atomic mass is 32.2. The van der Waals surface area contributed by atoms with E-state index in [1.807, 2.05) is 6.92 Å². The summed E-state index contributed by atoms with van der Waals surface area (Å²) in [5, 5.41) is 2.94. The lowest BCUT2D eigenvalue weighted by atomic mass is 9.94. The number of carbonyl (C=O) groups is 1. The zero-order valence-corrected chi connectivity index (χ0v) is 17.3. The molecule has 0 aromatic heterocycles. The first-order valence-corrected chi connectivity index (χ1v) is 11.3. The molecule has 0 spiro atoms. The second-order valence-electron chi connectivity index (χ2n) is 7.79. The van der Waals surface area contributed by atoms with Crippen molar-refractivity contribution in [3.8, 4) is 0 Å². The van der Waals surface area contributed by atoms with Crippen molar-refractivity contribution in [2.75, 3.05) is 45.9 Å². The van der Waals surface area contributed by atoms with E-state index in [4.69, 9.17) is 4.74 Å². The number of carbonyl (C=O) groups excluding carboxylic acids is 1. The molecule has 7 nitrogen and oxygen atoms in total. The number of rotatable bonds is 8. The highest BCUT2D eigenvalue weighted by molar-refractivity contribution is 7.86. The first-order valence-electron chi connectivity index (χ1n) is 9.95. The van der Waals surface area contributed by atoms with Crippen molar-refractivity contribution in [1.29, 1.82) is 0 Å². The van der Waals surface area contributed by atoms with E-state index in [0.717, 1.165) is 12.8 Å². The van der Waals surface area contributed by atoms with Crippen LogP contribution in [-0.2, 0) is 19.7 Å². The molecule has 2 aliphatic heterocycles. The Morgan fingerprint density at radius 1 is 1.12 bits per heavy atom. The summed E-state index contributed by atoms with van der Waals surface area (Å²) in [6.07, 6.45) is 3.07. The summed E-state index contributed by atoms with van der Waals surface area (Å²) >= 11 is 0. The van der Waals surface area contributed by atoms with Crippen LogP contribution in [0.15, 0.2) is 0 Å². The van der Waals surface area contributed by atoms with Gasteiger partial charge in [0.15, 0.2) is 0 Å². The predicted octanol–water partition coefficient (Wildman–Crippen LogP) is 1.46. The fourth-order valence-corrected chi connectivity index (χ4v) is 5.87. The van der Waals surface area contributed by atoms with E-state index >= 15 is 0 Å². The highest BCUT2D eigenvalue weighted by Gasteiger charge is 2.37. The van der Waals surface area contributed by atoms with Crippen molar-refractivity contribution >= 4 is 16.1 Å². The Morgan fingerprint density at radius 3 is 2.31 bits per heavy atom. The van der Waals surface area contributed by atoms with Gasteiger partial charge in [-0.25, -0.2) is 0 Å². The largest absolute Gasteiger partial charge is 0.382 e. The Bertz CT molecular complexity index is 537. The lowest BCUT2D eigenvalue weighted by molar-refractivity contribution is -0.126. The molecule has 0 aromatic rings. The molecule has 0 bridgehead atoms. The number of amides is 1. The number of ether oxygens (including phenoxy) is 1. The van der Waals surface area contributed by atoms with Gasteiger partial charge in [0.2, 0.25) is 5.91 Å². The summed E-state index contributed by atoms with van der Waals surface area (Å²) in [5.74, 6) is 0.744. The molecule has 2 rings (SSSR count). The van der Waals surface area contributed by atoms with Gasteiger partial charge in [-0.15, -0.1) is 0 Å². The third-order valence-corrected chi connectivity index (χ3v) is 7.25. The van der Waals surface area contributed by atoms with Crippen LogP contribution >= 0.6 is 0 Å². The van der Waals surface area contributed by atoms with E-state index in [9.17, 15) is 13.2 Å². The second kappa shape index (κ2) is 10.0.